The molecule has 2 rings (SSSR count). The van der Waals surface area contributed by atoms with Crippen LogP contribution in [0.1, 0.15) is 17.3 Å². The van der Waals surface area contributed by atoms with Crippen LogP contribution in [0.4, 0.5) is 0 Å². The first kappa shape index (κ1) is 10.9. The van der Waals surface area contributed by atoms with E-state index < -0.39 is 0 Å². The molecule has 0 unspecified atom stereocenters. The number of hydrogen-bond donors (Lipinski definition) is 0. The molecule has 0 saturated carbocycles. The number of Topliss-reactive ketones (excluding diaryl/α,β-unsaturated/α-hetero) is 1. The van der Waals surface area contributed by atoms with Crippen LogP contribution in [0.3, 0.4) is 0 Å². The van der Waals surface area contributed by atoms with Crippen molar-refractivity contribution in [2.45, 2.75) is 6.92 Å². The lowest BCUT2D eigenvalue weighted by Crippen LogP contribution is -1.94. The maximum Gasteiger partial charge on any atom is 0.159 e. The minimum atomic E-state index is 0.0597. The number of ketones is 1. The number of hydrogen-bond acceptors (Lipinski definition) is 2. The maximum atomic E-state index is 11.1. The highest BCUT2D eigenvalue weighted by Crippen LogP contribution is 2.20. The first-order valence-corrected chi connectivity index (χ1v) is 5.26. The molecule has 0 atom stereocenters. The minimum Gasteiger partial charge on any atom is -0.332 e. The molecular weight excluding hydrogens is 224 g/mol. The van der Waals surface area contributed by atoms with Crippen LogP contribution in [0.25, 0.3) is 11.4 Å². The van der Waals surface area contributed by atoms with Gasteiger partial charge in [0.1, 0.15) is 11.0 Å². The van der Waals surface area contributed by atoms with Gasteiger partial charge in [-0.1, -0.05) is 35.9 Å². The van der Waals surface area contributed by atoms with Crippen LogP contribution in [0.5, 0.6) is 0 Å². The van der Waals surface area contributed by atoms with Crippen molar-refractivity contribution in [1.82, 2.24) is 9.55 Å². The third-order valence-corrected chi connectivity index (χ3v) is 2.58. The van der Waals surface area contributed by atoms with E-state index in [2.05, 4.69) is 4.98 Å². The lowest BCUT2D eigenvalue weighted by Gasteiger charge is -2.02. The molecule has 0 saturated heterocycles. The Balaban J connectivity index is 2.42. The second-order valence-electron chi connectivity index (χ2n) is 3.63. The van der Waals surface area contributed by atoms with Gasteiger partial charge in [0.25, 0.3) is 0 Å². The molecule has 1 aromatic heterocycles. The standard InChI is InChI=1S/C12H11ClN2O/c1-8(16)9-3-5-10(6-4-9)12-14-11(13)7-15(12)2/h3-7H,1-2H3. The normalized spacial score (nSPS) is 10.4. The van der Waals surface area contributed by atoms with E-state index in [1.54, 1.807) is 25.3 Å². The number of halogens is 1. The average molecular weight is 235 g/mol. The van der Waals surface area contributed by atoms with E-state index in [4.69, 9.17) is 11.6 Å². The van der Waals surface area contributed by atoms with Crippen LogP contribution in [-0.4, -0.2) is 15.3 Å². The topological polar surface area (TPSA) is 34.9 Å². The number of nitrogens with zero attached hydrogens (tertiary/aromatic N) is 2. The van der Waals surface area contributed by atoms with Gasteiger partial charge in [-0.25, -0.2) is 4.98 Å². The van der Waals surface area contributed by atoms with Crippen LogP contribution in [0, 0.1) is 0 Å². The van der Waals surface area contributed by atoms with Crippen LogP contribution >= 0.6 is 11.6 Å². The highest BCUT2D eigenvalue weighted by Gasteiger charge is 2.07. The van der Waals surface area contributed by atoms with Crippen molar-refractivity contribution in [1.29, 1.82) is 0 Å². The van der Waals surface area contributed by atoms with E-state index in [0.717, 1.165) is 11.4 Å². The van der Waals surface area contributed by atoms with Crippen molar-refractivity contribution in [2.75, 3.05) is 0 Å². The molecule has 0 aliphatic rings. The van der Waals surface area contributed by atoms with Crippen LogP contribution in [0.15, 0.2) is 30.5 Å². The molecule has 0 radical (unpaired) electrons. The molecule has 0 N–H and O–H groups in total. The number of rotatable bonds is 2. The lowest BCUT2D eigenvalue weighted by atomic mass is 10.1. The van der Waals surface area contributed by atoms with Crippen molar-refractivity contribution < 1.29 is 4.79 Å². The summed E-state index contributed by atoms with van der Waals surface area (Å²) in [6.07, 6.45) is 1.75. The Hall–Kier alpha value is -1.61. The molecule has 1 heterocycles. The summed E-state index contributed by atoms with van der Waals surface area (Å²) in [5, 5.41) is 0.466. The lowest BCUT2D eigenvalue weighted by molar-refractivity contribution is 0.101. The van der Waals surface area contributed by atoms with Crippen LogP contribution in [-0.2, 0) is 7.05 Å². The molecule has 3 nitrogen and oxygen atoms in total. The van der Waals surface area contributed by atoms with E-state index in [0.29, 0.717) is 10.7 Å². The second kappa shape index (κ2) is 4.10. The van der Waals surface area contributed by atoms with Crippen molar-refractivity contribution in [3.8, 4) is 11.4 Å². The van der Waals surface area contributed by atoms with Gasteiger partial charge < -0.3 is 4.57 Å². The zero-order chi connectivity index (χ0) is 11.7. The van der Waals surface area contributed by atoms with Gasteiger partial charge in [0.2, 0.25) is 0 Å². The predicted molar refractivity (Wildman–Crippen MR) is 63.7 cm³/mol. The Bertz CT molecular complexity index is 528. The van der Waals surface area contributed by atoms with Gasteiger partial charge >= 0.3 is 0 Å². The molecule has 0 aliphatic heterocycles. The van der Waals surface area contributed by atoms with Crippen molar-refractivity contribution >= 4 is 17.4 Å². The van der Waals surface area contributed by atoms with Gasteiger partial charge in [0.15, 0.2) is 5.78 Å². The third-order valence-electron chi connectivity index (χ3n) is 2.40. The molecule has 2 aromatic rings. The van der Waals surface area contributed by atoms with Gasteiger partial charge in [0, 0.05) is 24.4 Å². The minimum absolute atomic E-state index is 0.0597. The van der Waals surface area contributed by atoms with Crippen molar-refractivity contribution in [3.05, 3.63) is 41.2 Å². The van der Waals surface area contributed by atoms with Gasteiger partial charge in [-0.2, -0.15) is 0 Å². The number of carbonyl (C=O) groups is 1. The van der Waals surface area contributed by atoms with Gasteiger partial charge in [-0.3, -0.25) is 4.79 Å². The smallest absolute Gasteiger partial charge is 0.159 e. The first-order valence-electron chi connectivity index (χ1n) is 4.88. The Morgan fingerprint density at radius 3 is 2.38 bits per heavy atom. The largest absolute Gasteiger partial charge is 0.332 e. The summed E-state index contributed by atoms with van der Waals surface area (Å²) in [5.74, 6) is 0.851. The summed E-state index contributed by atoms with van der Waals surface area (Å²) in [6, 6.07) is 7.32. The van der Waals surface area contributed by atoms with Crippen LogP contribution < -0.4 is 0 Å². The van der Waals surface area contributed by atoms with Gasteiger partial charge in [-0.15, -0.1) is 0 Å². The third kappa shape index (κ3) is 1.99. The van der Waals surface area contributed by atoms with E-state index in [9.17, 15) is 4.79 Å². The summed E-state index contributed by atoms with van der Waals surface area (Å²) >= 11 is 5.81. The molecule has 1 aromatic carbocycles. The van der Waals surface area contributed by atoms with Gasteiger partial charge in [-0.05, 0) is 6.92 Å². The highest BCUT2D eigenvalue weighted by atomic mass is 35.5. The Morgan fingerprint density at radius 1 is 1.31 bits per heavy atom. The number of aromatic nitrogens is 2. The molecule has 0 bridgehead atoms. The monoisotopic (exact) mass is 234 g/mol. The summed E-state index contributed by atoms with van der Waals surface area (Å²) in [6.45, 7) is 1.55. The quantitative estimate of drug-likeness (QED) is 0.749. The van der Waals surface area contributed by atoms with Crippen molar-refractivity contribution in [2.24, 2.45) is 7.05 Å². The summed E-state index contributed by atoms with van der Waals surface area (Å²) in [5.41, 5.74) is 1.64. The predicted octanol–water partition coefficient (Wildman–Crippen LogP) is 2.94. The SMILES string of the molecule is CC(=O)c1ccc(-c2nc(Cl)cn2C)cc1. The first-order chi connectivity index (χ1) is 7.58. The average Bonchev–Trinajstić information content (AvgIpc) is 2.58. The Labute approximate surface area is 98.7 Å². The van der Waals surface area contributed by atoms with E-state index in [1.165, 1.54) is 0 Å². The molecule has 4 heteroatoms. The number of carbonyl (C=O) groups excluding carboxylic acids is 1. The summed E-state index contributed by atoms with van der Waals surface area (Å²) < 4.78 is 1.85. The molecule has 0 amide bonds. The number of aryl methyl sites for hydroxylation is 1. The second-order valence-corrected chi connectivity index (χ2v) is 4.02. The molecule has 0 fully saturated rings. The fourth-order valence-corrected chi connectivity index (χ4v) is 1.78. The zero-order valence-corrected chi connectivity index (χ0v) is 9.82. The highest BCUT2D eigenvalue weighted by molar-refractivity contribution is 6.29. The molecule has 0 spiro atoms. The molecule has 82 valence electrons. The Kier molecular flexibility index (Phi) is 2.79. The zero-order valence-electron chi connectivity index (χ0n) is 9.07. The van der Waals surface area contributed by atoms with E-state index in [-0.39, 0.29) is 5.78 Å². The van der Waals surface area contributed by atoms with Crippen molar-refractivity contribution in [3.63, 3.8) is 0 Å². The fourth-order valence-electron chi connectivity index (χ4n) is 1.55. The number of benzene rings is 1. The van der Waals surface area contributed by atoms with E-state index in [1.807, 2.05) is 23.7 Å². The van der Waals surface area contributed by atoms with Crippen LogP contribution in [0.2, 0.25) is 5.15 Å². The van der Waals surface area contributed by atoms with Gasteiger partial charge in [0.05, 0.1) is 0 Å². The van der Waals surface area contributed by atoms with E-state index >= 15 is 0 Å². The summed E-state index contributed by atoms with van der Waals surface area (Å²) in [4.78, 5) is 15.3. The maximum absolute atomic E-state index is 11.1. The fraction of sp³-hybridized carbons (Fsp3) is 0.167. The number of imidazole rings is 1. The molecule has 16 heavy (non-hydrogen) atoms. The summed E-state index contributed by atoms with van der Waals surface area (Å²) in [7, 11) is 1.88. The Morgan fingerprint density at radius 2 is 1.94 bits per heavy atom. The molecule has 0 aliphatic carbocycles. The molecular formula is C12H11ClN2O.